The highest BCUT2D eigenvalue weighted by Crippen LogP contribution is 2.68. The predicted octanol–water partition coefficient (Wildman–Crippen LogP) is 4.77. The maximum absolute atomic E-state index is 12.1. The Bertz CT molecular complexity index is 659. The Hall–Kier alpha value is -0.900. The third-order valence-corrected chi connectivity index (χ3v) is 10.4. The van der Waals surface area contributed by atoms with E-state index in [0.29, 0.717) is 47.7 Å². The normalized spacial score (nSPS) is 47.7. The molecule has 1 N–H and O–H groups in total. The zero-order chi connectivity index (χ0) is 21.0. The Labute approximate surface area is 176 Å². The first-order chi connectivity index (χ1) is 13.7. The molecule has 0 radical (unpaired) electrons. The largest absolute Gasteiger partial charge is 0.469 e. The lowest BCUT2D eigenvalue weighted by Gasteiger charge is -2.62. The number of Topliss-reactive ketones (excluding diaryl/α,β-unsaturated/α-hetero) is 1. The van der Waals surface area contributed by atoms with Crippen LogP contribution in [0.4, 0.5) is 0 Å². The first-order valence-corrected chi connectivity index (χ1v) is 12.0. The average Bonchev–Trinajstić information content (AvgIpc) is 3.06. The van der Waals surface area contributed by atoms with Gasteiger partial charge in [-0.1, -0.05) is 20.8 Å². The second-order valence-electron chi connectivity index (χ2n) is 11.3. The molecule has 29 heavy (non-hydrogen) atoms. The van der Waals surface area contributed by atoms with E-state index in [-0.39, 0.29) is 22.9 Å². The van der Waals surface area contributed by atoms with Gasteiger partial charge in [-0.2, -0.15) is 0 Å². The lowest BCUT2D eigenvalue weighted by atomic mass is 9.44. The molecule has 4 heteroatoms. The molecule has 4 rings (SSSR count). The van der Waals surface area contributed by atoms with Gasteiger partial charge < -0.3 is 9.84 Å². The number of ketones is 1. The third kappa shape index (κ3) is 3.28. The molecular formula is C25H40O4. The Balaban J connectivity index is 1.54. The number of aliphatic hydroxyl groups is 1. The highest BCUT2D eigenvalue weighted by molar-refractivity contribution is 5.79. The van der Waals surface area contributed by atoms with Crippen LogP contribution in [-0.2, 0) is 14.3 Å². The molecule has 0 aromatic carbocycles. The Kier molecular flexibility index (Phi) is 5.63. The van der Waals surface area contributed by atoms with Crippen LogP contribution >= 0.6 is 0 Å². The molecule has 0 heterocycles. The summed E-state index contributed by atoms with van der Waals surface area (Å²) >= 11 is 0. The third-order valence-electron chi connectivity index (χ3n) is 10.4. The molecule has 0 aromatic rings. The number of hydrogen-bond donors (Lipinski definition) is 1. The zero-order valence-corrected chi connectivity index (χ0v) is 18.8. The predicted molar refractivity (Wildman–Crippen MR) is 112 cm³/mol. The van der Waals surface area contributed by atoms with E-state index in [0.717, 1.165) is 32.1 Å². The number of ether oxygens (including phenoxy) is 1. The van der Waals surface area contributed by atoms with Crippen LogP contribution in [0.25, 0.3) is 0 Å². The van der Waals surface area contributed by atoms with Crippen molar-refractivity contribution in [3.05, 3.63) is 0 Å². The van der Waals surface area contributed by atoms with Gasteiger partial charge in [-0.3, -0.25) is 9.59 Å². The van der Waals surface area contributed by atoms with Gasteiger partial charge in [0.05, 0.1) is 13.2 Å². The van der Waals surface area contributed by atoms with Gasteiger partial charge in [0.25, 0.3) is 0 Å². The smallest absolute Gasteiger partial charge is 0.305 e. The minimum absolute atomic E-state index is 0.0373. The number of methoxy groups -OCH3 is 1. The van der Waals surface area contributed by atoms with Gasteiger partial charge in [-0.15, -0.1) is 0 Å². The molecule has 0 aromatic heterocycles. The van der Waals surface area contributed by atoms with Gasteiger partial charge in [0.1, 0.15) is 5.78 Å². The lowest BCUT2D eigenvalue weighted by molar-refractivity contribution is -0.171. The highest BCUT2D eigenvalue weighted by atomic mass is 16.5. The van der Waals surface area contributed by atoms with Gasteiger partial charge in [0, 0.05) is 19.3 Å². The van der Waals surface area contributed by atoms with Crippen LogP contribution in [0.5, 0.6) is 0 Å². The molecular weight excluding hydrogens is 364 g/mol. The maximum atomic E-state index is 12.1. The van der Waals surface area contributed by atoms with Gasteiger partial charge >= 0.3 is 5.97 Å². The van der Waals surface area contributed by atoms with Crippen molar-refractivity contribution >= 4 is 11.8 Å². The van der Waals surface area contributed by atoms with Gasteiger partial charge in [-0.05, 0) is 91.3 Å². The molecule has 0 bridgehead atoms. The van der Waals surface area contributed by atoms with Crippen molar-refractivity contribution in [2.75, 3.05) is 7.11 Å². The number of carbonyl (C=O) groups is 2. The van der Waals surface area contributed by atoms with Crippen molar-refractivity contribution in [2.45, 2.75) is 91.1 Å². The summed E-state index contributed by atoms with van der Waals surface area (Å²) in [6.07, 6.45) is 9.29. The zero-order valence-electron chi connectivity index (χ0n) is 18.8. The Morgan fingerprint density at radius 1 is 1.21 bits per heavy atom. The lowest BCUT2D eigenvalue weighted by Crippen LogP contribution is -2.58. The molecule has 4 aliphatic carbocycles. The van der Waals surface area contributed by atoms with Crippen LogP contribution in [0.2, 0.25) is 0 Å². The number of carbonyl (C=O) groups excluding carboxylic acids is 2. The van der Waals surface area contributed by atoms with Crippen LogP contribution in [0.15, 0.2) is 0 Å². The maximum Gasteiger partial charge on any atom is 0.305 e. The first kappa shape index (κ1) is 21.3. The standard InChI is InChI=1S/C25H40O4/c1-15(5-10-23(28)29-4)19-8-9-20-18-7-6-16-13-17(26)11-12-24(16,2)21(18)14-22(27)25(19,20)3/h15-16,18-22,27H,5-14H2,1-4H3/t15-,16-,18+,19-,20+,21+,22+,24+,25-/m1/s1. The first-order valence-electron chi connectivity index (χ1n) is 12.0. The minimum Gasteiger partial charge on any atom is -0.469 e. The van der Waals surface area contributed by atoms with Crippen molar-refractivity contribution in [2.24, 2.45) is 46.3 Å². The quantitative estimate of drug-likeness (QED) is 0.685. The fraction of sp³-hybridized carbons (Fsp3) is 0.920. The van der Waals surface area contributed by atoms with Gasteiger partial charge in [0.2, 0.25) is 0 Å². The summed E-state index contributed by atoms with van der Waals surface area (Å²) in [5.41, 5.74) is 0.193. The fourth-order valence-corrected chi connectivity index (χ4v) is 8.62. The molecule has 0 aliphatic heterocycles. The number of rotatable bonds is 4. The van der Waals surface area contributed by atoms with Crippen LogP contribution in [0.3, 0.4) is 0 Å². The van der Waals surface area contributed by atoms with Crippen LogP contribution < -0.4 is 0 Å². The summed E-state index contributed by atoms with van der Waals surface area (Å²) in [5, 5.41) is 11.5. The molecule has 9 atom stereocenters. The minimum atomic E-state index is -0.268. The number of aliphatic hydroxyl groups excluding tert-OH is 1. The number of fused-ring (bicyclic) bond motifs is 5. The highest BCUT2D eigenvalue weighted by Gasteiger charge is 2.63. The van der Waals surface area contributed by atoms with Crippen LogP contribution in [0.1, 0.15) is 85.0 Å². The number of hydrogen-bond acceptors (Lipinski definition) is 4. The number of esters is 1. The second-order valence-corrected chi connectivity index (χ2v) is 11.3. The molecule has 4 saturated carbocycles. The fourth-order valence-electron chi connectivity index (χ4n) is 8.62. The summed E-state index contributed by atoms with van der Waals surface area (Å²) in [6.45, 7) is 7.05. The van der Waals surface area contributed by atoms with E-state index in [1.165, 1.54) is 32.8 Å². The summed E-state index contributed by atoms with van der Waals surface area (Å²) in [4.78, 5) is 23.7. The van der Waals surface area contributed by atoms with Crippen molar-refractivity contribution in [1.29, 1.82) is 0 Å². The molecule has 0 amide bonds. The SMILES string of the molecule is COC(=O)CC[C@@H](C)[C@H]1CC[C@H]2[C@@H]3CC[C@@H]4CC(=O)CC[C@]4(C)[C@H]3C[C@H](O)[C@]12C. The van der Waals surface area contributed by atoms with E-state index >= 15 is 0 Å². The van der Waals surface area contributed by atoms with Crippen molar-refractivity contribution in [1.82, 2.24) is 0 Å². The summed E-state index contributed by atoms with van der Waals surface area (Å²) < 4.78 is 4.84. The second kappa shape index (κ2) is 7.66. The van der Waals surface area contributed by atoms with E-state index < -0.39 is 0 Å². The van der Waals surface area contributed by atoms with E-state index in [4.69, 9.17) is 4.74 Å². The van der Waals surface area contributed by atoms with Crippen molar-refractivity contribution in [3.63, 3.8) is 0 Å². The molecule has 164 valence electrons. The van der Waals surface area contributed by atoms with E-state index in [9.17, 15) is 14.7 Å². The van der Waals surface area contributed by atoms with E-state index in [1.54, 1.807) is 0 Å². The van der Waals surface area contributed by atoms with Crippen LogP contribution in [-0.4, -0.2) is 30.1 Å². The topological polar surface area (TPSA) is 63.6 Å². The molecule has 4 nitrogen and oxygen atoms in total. The Morgan fingerprint density at radius 3 is 2.69 bits per heavy atom. The summed E-state index contributed by atoms with van der Waals surface area (Å²) in [7, 11) is 1.46. The monoisotopic (exact) mass is 404 g/mol. The summed E-state index contributed by atoms with van der Waals surface area (Å²) in [6, 6.07) is 0. The van der Waals surface area contributed by atoms with Crippen molar-refractivity contribution in [3.8, 4) is 0 Å². The molecule has 0 spiro atoms. The molecule has 0 unspecified atom stereocenters. The molecule has 4 aliphatic rings. The van der Waals surface area contributed by atoms with Gasteiger partial charge in [0.15, 0.2) is 0 Å². The summed E-state index contributed by atoms with van der Waals surface area (Å²) in [5.74, 6) is 3.59. The molecule has 4 fully saturated rings. The van der Waals surface area contributed by atoms with Crippen LogP contribution in [0, 0.1) is 46.3 Å². The Morgan fingerprint density at radius 2 is 1.97 bits per heavy atom. The average molecular weight is 405 g/mol. The van der Waals surface area contributed by atoms with E-state index in [2.05, 4.69) is 20.8 Å². The van der Waals surface area contributed by atoms with Crippen molar-refractivity contribution < 1.29 is 19.4 Å². The van der Waals surface area contributed by atoms with E-state index in [1.807, 2.05) is 0 Å². The molecule has 0 saturated heterocycles. The van der Waals surface area contributed by atoms with Gasteiger partial charge in [-0.25, -0.2) is 0 Å².